The normalized spacial score (nSPS) is 11.6. The monoisotopic (exact) mass is 294 g/mol. The van der Waals surface area contributed by atoms with E-state index in [4.69, 9.17) is 4.74 Å². The van der Waals surface area contributed by atoms with Gasteiger partial charge >= 0.3 is 5.97 Å². The summed E-state index contributed by atoms with van der Waals surface area (Å²) < 4.78 is 4.84. The number of phenolic OH excluding ortho intramolecular Hbond substituents is 1. The van der Waals surface area contributed by atoms with Crippen molar-refractivity contribution in [3.05, 3.63) is 59.9 Å². The molecule has 3 aromatic rings. The minimum absolute atomic E-state index is 0.167. The molecule has 0 aliphatic rings. The Morgan fingerprint density at radius 1 is 1.18 bits per heavy atom. The van der Waals surface area contributed by atoms with Gasteiger partial charge in [-0.2, -0.15) is 0 Å². The zero-order valence-electron chi connectivity index (χ0n) is 11.9. The van der Waals surface area contributed by atoms with Crippen LogP contribution in [-0.2, 0) is 9.53 Å². The molecular formula is C17H14N2O3. The van der Waals surface area contributed by atoms with Crippen molar-refractivity contribution >= 4 is 28.7 Å². The molecule has 1 heterocycles. The SMILES string of the molecule is COC(=O)C(=Cc1ccc(O)cc1)c1nc2ccccc2[nH]1. The Morgan fingerprint density at radius 2 is 1.91 bits per heavy atom. The molecule has 0 amide bonds. The van der Waals surface area contributed by atoms with Crippen LogP contribution in [0.1, 0.15) is 11.4 Å². The number of fused-ring (bicyclic) bond motifs is 1. The van der Waals surface area contributed by atoms with Crippen LogP contribution < -0.4 is 0 Å². The average Bonchev–Trinajstić information content (AvgIpc) is 2.97. The van der Waals surface area contributed by atoms with Crippen molar-refractivity contribution in [3.63, 3.8) is 0 Å². The molecule has 0 saturated carbocycles. The molecule has 2 N–H and O–H groups in total. The van der Waals surface area contributed by atoms with Crippen LogP contribution in [0.15, 0.2) is 48.5 Å². The molecule has 0 aliphatic heterocycles. The summed E-state index contributed by atoms with van der Waals surface area (Å²) in [5.41, 5.74) is 2.71. The Labute approximate surface area is 126 Å². The molecule has 0 fully saturated rings. The number of hydrogen-bond donors (Lipinski definition) is 2. The van der Waals surface area contributed by atoms with Crippen LogP contribution in [0.2, 0.25) is 0 Å². The Hall–Kier alpha value is -3.08. The van der Waals surface area contributed by atoms with E-state index >= 15 is 0 Å². The topological polar surface area (TPSA) is 75.2 Å². The first-order chi connectivity index (χ1) is 10.7. The first-order valence-electron chi connectivity index (χ1n) is 6.71. The second kappa shape index (κ2) is 5.73. The number of phenols is 1. The zero-order chi connectivity index (χ0) is 15.5. The summed E-state index contributed by atoms with van der Waals surface area (Å²) in [6.07, 6.45) is 1.67. The molecule has 1 aromatic heterocycles. The number of aromatic amines is 1. The molecular weight excluding hydrogens is 280 g/mol. The molecule has 0 aliphatic carbocycles. The Bertz CT molecular complexity index is 815. The summed E-state index contributed by atoms with van der Waals surface area (Å²) in [7, 11) is 1.33. The fourth-order valence-electron chi connectivity index (χ4n) is 2.15. The van der Waals surface area contributed by atoms with Gasteiger partial charge in [0.05, 0.1) is 18.1 Å². The minimum Gasteiger partial charge on any atom is -0.508 e. The van der Waals surface area contributed by atoms with Gasteiger partial charge in [0.1, 0.15) is 17.1 Å². The summed E-state index contributed by atoms with van der Waals surface area (Å²) in [6, 6.07) is 14.1. The van der Waals surface area contributed by atoms with E-state index in [2.05, 4.69) is 9.97 Å². The van der Waals surface area contributed by atoms with E-state index < -0.39 is 5.97 Å². The van der Waals surface area contributed by atoms with Crippen molar-refractivity contribution < 1.29 is 14.6 Å². The fraction of sp³-hybridized carbons (Fsp3) is 0.0588. The zero-order valence-corrected chi connectivity index (χ0v) is 11.9. The van der Waals surface area contributed by atoms with E-state index in [0.29, 0.717) is 11.4 Å². The summed E-state index contributed by atoms with van der Waals surface area (Å²) in [6.45, 7) is 0. The number of aromatic hydroxyl groups is 1. The van der Waals surface area contributed by atoms with Crippen LogP contribution in [0.5, 0.6) is 5.75 Å². The van der Waals surface area contributed by atoms with Crippen LogP contribution in [0.4, 0.5) is 0 Å². The minimum atomic E-state index is -0.480. The number of para-hydroxylation sites is 2. The number of benzene rings is 2. The molecule has 5 nitrogen and oxygen atoms in total. The van der Waals surface area contributed by atoms with Crippen molar-refractivity contribution in [1.29, 1.82) is 0 Å². The standard InChI is InChI=1S/C17H14N2O3/c1-22-17(21)13(10-11-6-8-12(20)9-7-11)16-18-14-4-2-3-5-15(14)19-16/h2-10,20H,1H3,(H,18,19). The van der Waals surface area contributed by atoms with Gasteiger partial charge in [0, 0.05) is 0 Å². The van der Waals surface area contributed by atoms with Crippen molar-refractivity contribution in [1.82, 2.24) is 9.97 Å². The van der Waals surface area contributed by atoms with Crippen LogP contribution in [0.25, 0.3) is 22.7 Å². The Balaban J connectivity index is 2.09. The second-order valence-electron chi connectivity index (χ2n) is 4.74. The van der Waals surface area contributed by atoms with Crippen LogP contribution >= 0.6 is 0 Å². The quantitative estimate of drug-likeness (QED) is 0.575. The van der Waals surface area contributed by atoms with Gasteiger partial charge < -0.3 is 14.8 Å². The molecule has 0 atom stereocenters. The lowest BCUT2D eigenvalue weighted by atomic mass is 10.1. The van der Waals surface area contributed by atoms with E-state index in [1.165, 1.54) is 7.11 Å². The number of carbonyl (C=O) groups excluding carboxylic acids is 1. The number of esters is 1. The van der Waals surface area contributed by atoms with E-state index in [9.17, 15) is 9.90 Å². The predicted molar refractivity (Wildman–Crippen MR) is 84.1 cm³/mol. The van der Waals surface area contributed by atoms with E-state index in [1.807, 2.05) is 24.3 Å². The number of nitrogens with one attached hydrogen (secondary N) is 1. The molecule has 3 rings (SSSR count). The van der Waals surface area contributed by atoms with Crippen LogP contribution in [0, 0.1) is 0 Å². The van der Waals surface area contributed by atoms with Gasteiger partial charge in [-0.05, 0) is 35.9 Å². The summed E-state index contributed by atoms with van der Waals surface area (Å²) >= 11 is 0. The number of carbonyl (C=O) groups is 1. The van der Waals surface area contributed by atoms with Gasteiger partial charge in [0.25, 0.3) is 0 Å². The van der Waals surface area contributed by atoms with E-state index in [1.54, 1.807) is 30.3 Å². The Morgan fingerprint density at radius 3 is 2.59 bits per heavy atom. The number of ether oxygens (including phenoxy) is 1. The van der Waals surface area contributed by atoms with Gasteiger partial charge in [-0.25, -0.2) is 9.78 Å². The highest BCUT2D eigenvalue weighted by atomic mass is 16.5. The third kappa shape index (κ3) is 2.69. The number of methoxy groups -OCH3 is 1. The highest BCUT2D eigenvalue weighted by Gasteiger charge is 2.16. The lowest BCUT2D eigenvalue weighted by molar-refractivity contribution is -0.133. The third-order valence-corrected chi connectivity index (χ3v) is 3.25. The van der Waals surface area contributed by atoms with Crippen LogP contribution in [-0.4, -0.2) is 28.2 Å². The predicted octanol–water partition coefficient (Wildman–Crippen LogP) is 2.98. The van der Waals surface area contributed by atoms with Crippen molar-refractivity contribution in [3.8, 4) is 5.75 Å². The second-order valence-corrected chi connectivity index (χ2v) is 4.74. The maximum atomic E-state index is 12.1. The molecule has 22 heavy (non-hydrogen) atoms. The first-order valence-corrected chi connectivity index (χ1v) is 6.71. The number of nitrogens with zero attached hydrogens (tertiary/aromatic N) is 1. The van der Waals surface area contributed by atoms with E-state index in [0.717, 1.165) is 16.6 Å². The molecule has 2 aromatic carbocycles. The smallest absolute Gasteiger partial charge is 0.341 e. The first kappa shape index (κ1) is 13.9. The molecule has 110 valence electrons. The lowest BCUT2D eigenvalue weighted by Gasteiger charge is -2.03. The van der Waals surface area contributed by atoms with Gasteiger partial charge in [-0.1, -0.05) is 24.3 Å². The van der Waals surface area contributed by atoms with Crippen molar-refractivity contribution in [2.75, 3.05) is 7.11 Å². The molecule has 5 heteroatoms. The molecule has 0 radical (unpaired) electrons. The number of hydrogen-bond acceptors (Lipinski definition) is 4. The average molecular weight is 294 g/mol. The molecule has 0 bridgehead atoms. The molecule has 0 saturated heterocycles. The summed E-state index contributed by atoms with van der Waals surface area (Å²) in [4.78, 5) is 19.6. The highest BCUT2D eigenvalue weighted by Crippen LogP contribution is 2.21. The van der Waals surface area contributed by atoms with Gasteiger partial charge in [-0.15, -0.1) is 0 Å². The molecule has 0 spiro atoms. The van der Waals surface area contributed by atoms with Crippen molar-refractivity contribution in [2.45, 2.75) is 0 Å². The maximum Gasteiger partial charge on any atom is 0.341 e. The van der Waals surface area contributed by atoms with Crippen molar-refractivity contribution in [2.24, 2.45) is 0 Å². The third-order valence-electron chi connectivity index (χ3n) is 3.25. The lowest BCUT2D eigenvalue weighted by Crippen LogP contribution is -2.05. The van der Waals surface area contributed by atoms with Crippen LogP contribution in [0.3, 0.4) is 0 Å². The van der Waals surface area contributed by atoms with E-state index in [-0.39, 0.29) is 5.75 Å². The highest BCUT2D eigenvalue weighted by molar-refractivity contribution is 6.20. The molecule has 0 unspecified atom stereocenters. The summed E-state index contributed by atoms with van der Waals surface area (Å²) in [5.74, 6) is 0.133. The number of aromatic nitrogens is 2. The summed E-state index contributed by atoms with van der Waals surface area (Å²) in [5, 5.41) is 9.33. The maximum absolute atomic E-state index is 12.1. The number of rotatable bonds is 3. The largest absolute Gasteiger partial charge is 0.508 e. The number of H-pyrrole nitrogens is 1. The number of imidazole rings is 1. The van der Waals surface area contributed by atoms with Gasteiger partial charge in [0.2, 0.25) is 0 Å². The van der Waals surface area contributed by atoms with Gasteiger partial charge in [-0.3, -0.25) is 0 Å². The fourth-order valence-corrected chi connectivity index (χ4v) is 2.15. The van der Waals surface area contributed by atoms with Gasteiger partial charge in [0.15, 0.2) is 0 Å². The Kier molecular flexibility index (Phi) is 3.62.